The number of carbonyl (C=O) groups excluding carboxylic acids is 1. The van der Waals surface area contributed by atoms with Gasteiger partial charge in [0.15, 0.2) is 0 Å². The number of rotatable bonds is 2. The molecule has 2 N–H and O–H groups in total. The molecule has 0 radical (unpaired) electrons. The van der Waals surface area contributed by atoms with E-state index in [0.29, 0.717) is 0 Å². The molecule has 1 fully saturated rings. The molecule has 0 saturated carbocycles. The third kappa shape index (κ3) is 3.42. The lowest BCUT2D eigenvalue weighted by molar-refractivity contribution is -0.122. The fraction of sp³-hybridized carbons (Fsp3) is 0.292. The van der Waals surface area contributed by atoms with Crippen LogP contribution in [0.5, 0.6) is 0 Å². The quantitative estimate of drug-likeness (QED) is 0.829. The summed E-state index contributed by atoms with van der Waals surface area (Å²) in [7, 11) is 0. The largest absolute Gasteiger partial charge is 0.368 e. The molecule has 5 heteroatoms. The Morgan fingerprint density at radius 1 is 1.07 bits per heavy atom. The Balaban J connectivity index is 1.49. The summed E-state index contributed by atoms with van der Waals surface area (Å²) in [6.45, 7) is 6.08. The molecular formula is C24H26N4O. The van der Waals surface area contributed by atoms with Gasteiger partial charge in [-0.25, -0.2) is 0 Å². The van der Waals surface area contributed by atoms with E-state index in [1.54, 1.807) is 4.90 Å². The van der Waals surface area contributed by atoms with E-state index in [0.717, 1.165) is 60.6 Å². The zero-order valence-electron chi connectivity index (χ0n) is 16.7. The zero-order chi connectivity index (χ0) is 19.8. The maximum atomic E-state index is 13.3. The topological polar surface area (TPSA) is 51.4 Å². The second-order valence-electron chi connectivity index (χ2n) is 7.98. The van der Waals surface area contributed by atoms with Gasteiger partial charge in [-0.1, -0.05) is 19.1 Å². The standard InChI is InChI=1S/C24H26N4O/c1-17-2-4-20-5-6-21(27-12-10-25-11-13-27)16-28(20)24(29)15-22(17)18-3-7-23-19(14-18)8-9-26-23/h3-9,14-17,25-26H,2,10-13H2,1H3. The number of hydrogen-bond donors (Lipinski definition) is 2. The van der Waals surface area contributed by atoms with Crippen molar-refractivity contribution in [2.45, 2.75) is 13.3 Å². The molecule has 3 aliphatic heterocycles. The van der Waals surface area contributed by atoms with Crippen molar-refractivity contribution in [3.8, 4) is 0 Å². The number of amides is 1. The Bertz CT molecular complexity index is 1070. The summed E-state index contributed by atoms with van der Waals surface area (Å²) < 4.78 is 0. The van der Waals surface area contributed by atoms with E-state index in [1.807, 2.05) is 18.5 Å². The van der Waals surface area contributed by atoms with Crippen LogP contribution in [-0.4, -0.2) is 46.9 Å². The van der Waals surface area contributed by atoms with Crippen LogP contribution in [0.25, 0.3) is 16.5 Å². The summed E-state index contributed by atoms with van der Waals surface area (Å²) in [5, 5.41) is 4.55. The molecule has 3 aliphatic rings. The molecule has 5 rings (SSSR count). The highest BCUT2D eigenvalue weighted by Crippen LogP contribution is 2.32. The fourth-order valence-electron chi connectivity index (χ4n) is 4.34. The average Bonchev–Trinajstić information content (AvgIpc) is 3.23. The van der Waals surface area contributed by atoms with Crippen LogP contribution in [-0.2, 0) is 4.79 Å². The molecule has 0 bridgehead atoms. The summed E-state index contributed by atoms with van der Waals surface area (Å²) in [6, 6.07) is 8.45. The van der Waals surface area contributed by atoms with Crippen molar-refractivity contribution in [2.75, 3.05) is 26.2 Å². The van der Waals surface area contributed by atoms with Crippen LogP contribution in [0.3, 0.4) is 0 Å². The third-order valence-corrected chi connectivity index (χ3v) is 6.06. The smallest absolute Gasteiger partial charge is 0.255 e. The molecule has 1 atom stereocenters. The average molecular weight is 386 g/mol. The Hall–Kier alpha value is -3.05. The van der Waals surface area contributed by atoms with E-state index in [-0.39, 0.29) is 11.8 Å². The number of aromatic amines is 1. The van der Waals surface area contributed by atoms with Crippen LogP contribution >= 0.6 is 0 Å². The Morgan fingerprint density at radius 3 is 2.76 bits per heavy atom. The number of H-pyrrole nitrogens is 1. The third-order valence-electron chi connectivity index (χ3n) is 6.06. The number of benzene rings is 1. The highest BCUT2D eigenvalue weighted by atomic mass is 16.2. The maximum Gasteiger partial charge on any atom is 0.255 e. The summed E-state index contributed by atoms with van der Waals surface area (Å²) in [5.74, 6) is 0.292. The minimum absolute atomic E-state index is 0.0175. The molecule has 4 heterocycles. The number of aromatic nitrogens is 1. The molecule has 1 aromatic heterocycles. The Morgan fingerprint density at radius 2 is 1.90 bits per heavy atom. The summed E-state index contributed by atoms with van der Waals surface area (Å²) >= 11 is 0. The first-order valence-electron chi connectivity index (χ1n) is 10.4. The lowest BCUT2D eigenvalue weighted by atomic mass is 9.89. The maximum absolute atomic E-state index is 13.3. The van der Waals surface area contributed by atoms with Gasteiger partial charge in [-0.3, -0.25) is 9.69 Å². The number of allylic oxidation sites excluding steroid dienone is 4. The van der Waals surface area contributed by atoms with Gasteiger partial charge in [0.2, 0.25) is 0 Å². The number of hydrogen-bond acceptors (Lipinski definition) is 3. The number of piperazine rings is 1. The predicted octanol–water partition coefficient (Wildman–Crippen LogP) is 3.62. The van der Waals surface area contributed by atoms with Crippen molar-refractivity contribution < 1.29 is 4.79 Å². The van der Waals surface area contributed by atoms with Gasteiger partial charge in [-0.15, -0.1) is 0 Å². The molecule has 1 unspecified atom stereocenters. The summed E-state index contributed by atoms with van der Waals surface area (Å²) in [4.78, 5) is 20.6. The molecule has 1 saturated heterocycles. The van der Waals surface area contributed by atoms with Crippen LogP contribution in [0.4, 0.5) is 0 Å². The number of carbonyl (C=O) groups is 1. The Kier molecular flexibility index (Phi) is 4.60. The number of nitrogens with zero attached hydrogens (tertiary/aromatic N) is 2. The highest BCUT2D eigenvalue weighted by molar-refractivity contribution is 5.99. The van der Waals surface area contributed by atoms with Crippen molar-refractivity contribution in [3.05, 3.63) is 77.9 Å². The Labute approximate surface area is 171 Å². The number of nitrogens with one attached hydrogen (secondary N) is 2. The van der Waals surface area contributed by atoms with Crippen molar-refractivity contribution in [2.24, 2.45) is 5.92 Å². The second-order valence-corrected chi connectivity index (χ2v) is 7.98. The van der Waals surface area contributed by atoms with E-state index in [1.165, 1.54) is 5.39 Å². The van der Waals surface area contributed by atoms with Crippen LogP contribution in [0, 0.1) is 5.92 Å². The normalized spacial score (nSPS) is 22.6. The minimum Gasteiger partial charge on any atom is -0.368 e. The van der Waals surface area contributed by atoms with E-state index in [4.69, 9.17) is 0 Å². The van der Waals surface area contributed by atoms with Gasteiger partial charge in [0, 0.05) is 55.9 Å². The zero-order valence-corrected chi connectivity index (χ0v) is 16.7. The van der Waals surface area contributed by atoms with Crippen molar-refractivity contribution in [1.82, 2.24) is 20.1 Å². The van der Waals surface area contributed by atoms with Crippen molar-refractivity contribution in [1.29, 1.82) is 0 Å². The number of fused-ring (bicyclic) bond motifs is 2. The molecular weight excluding hydrogens is 360 g/mol. The van der Waals surface area contributed by atoms with E-state index in [2.05, 4.69) is 64.6 Å². The summed E-state index contributed by atoms with van der Waals surface area (Å²) in [6.07, 6.45) is 13.1. The van der Waals surface area contributed by atoms with Crippen molar-refractivity contribution >= 4 is 22.4 Å². The lowest BCUT2D eigenvalue weighted by Gasteiger charge is -2.34. The van der Waals surface area contributed by atoms with Gasteiger partial charge in [-0.05, 0) is 59.2 Å². The molecule has 0 spiro atoms. The first-order valence-corrected chi connectivity index (χ1v) is 10.4. The van der Waals surface area contributed by atoms with Gasteiger partial charge in [0.25, 0.3) is 5.91 Å². The first kappa shape index (κ1) is 18.0. The van der Waals surface area contributed by atoms with Crippen molar-refractivity contribution in [3.63, 3.8) is 0 Å². The van der Waals surface area contributed by atoms with Gasteiger partial charge in [0.1, 0.15) is 0 Å². The van der Waals surface area contributed by atoms with Gasteiger partial charge in [-0.2, -0.15) is 0 Å². The monoisotopic (exact) mass is 386 g/mol. The minimum atomic E-state index is 0.0175. The molecule has 1 amide bonds. The van der Waals surface area contributed by atoms with Crippen LogP contribution in [0.15, 0.2) is 72.4 Å². The highest BCUT2D eigenvalue weighted by Gasteiger charge is 2.24. The molecule has 148 valence electrons. The first-order chi connectivity index (χ1) is 14.2. The summed E-state index contributed by atoms with van der Waals surface area (Å²) in [5.41, 5.74) is 5.41. The SMILES string of the molecule is CC1CC=C2C=CC(N3CCNCC3)=CN2C(=O)C=C1c1ccc2[nH]ccc2c1. The predicted molar refractivity (Wildman–Crippen MR) is 117 cm³/mol. The molecule has 1 aromatic carbocycles. The molecule has 0 aliphatic carbocycles. The molecule has 2 aromatic rings. The molecule has 5 nitrogen and oxygen atoms in total. The van der Waals surface area contributed by atoms with E-state index < -0.39 is 0 Å². The lowest BCUT2D eigenvalue weighted by Crippen LogP contribution is -2.43. The second kappa shape index (κ2) is 7.41. The van der Waals surface area contributed by atoms with Crippen LogP contribution in [0.2, 0.25) is 0 Å². The van der Waals surface area contributed by atoms with Gasteiger partial charge < -0.3 is 15.2 Å². The molecule has 29 heavy (non-hydrogen) atoms. The van der Waals surface area contributed by atoms with E-state index >= 15 is 0 Å². The van der Waals surface area contributed by atoms with Gasteiger partial charge >= 0.3 is 0 Å². The van der Waals surface area contributed by atoms with Gasteiger partial charge in [0.05, 0.1) is 5.70 Å². The fourth-order valence-corrected chi connectivity index (χ4v) is 4.34. The van der Waals surface area contributed by atoms with E-state index in [9.17, 15) is 4.79 Å². The van der Waals surface area contributed by atoms with Crippen LogP contribution < -0.4 is 5.32 Å². The van der Waals surface area contributed by atoms with Crippen LogP contribution in [0.1, 0.15) is 18.9 Å².